The number of carbonyl (C=O) groups is 3. The highest BCUT2D eigenvalue weighted by atomic mass is 16.2. The van der Waals surface area contributed by atoms with Gasteiger partial charge in [-0.25, -0.2) is 0 Å². The van der Waals surface area contributed by atoms with E-state index < -0.39 is 0 Å². The fraction of sp³-hybridized carbons (Fsp3) is 0.308. The summed E-state index contributed by atoms with van der Waals surface area (Å²) in [5, 5.41) is 9.16. The maximum absolute atomic E-state index is 13.4. The topological polar surface area (TPSA) is 87.3 Å². The van der Waals surface area contributed by atoms with Crippen LogP contribution in [0.25, 0.3) is 0 Å². The smallest absolute Gasteiger partial charge is 0.251 e. The molecule has 0 bridgehead atoms. The van der Waals surface area contributed by atoms with Crippen LogP contribution in [0.2, 0.25) is 0 Å². The highest BCUT2D eigenvalue weighted by Crippen LogP contribution is 2.15. The first-order chi connectivity index (χ1) is 21.8. The molecule has 3 N–H and O–H groups in total. The molecule has 6 nitrogen and oxygen atoms in total. The van der Waals surface area contributed by atoms with E-state index in [-0.39, 0.29) is 52.5 Å². The van der Waals surface area contributed by atoms with Gasteiger partial charge in [0.15, 0.2) is 0 Å². The summed E-state index contributed by atoms with van der Waals surface area (Å²) < 4.78 is 0. The van der Waals surface area contributed by atoms with Gasteiger partial charge in [0.1, 0.15) is 0 Å². The highest BCUT2D eigenvalue weighted by Gasteiger charge is 2.20. The van der Waals surface area contributed by atoms with E-state index in [4.69, 9.17) is 0 Å². The third-order valence-corrected chi connectivity index (χ3v) is 7.98. The molecule has 0 radical (unpaired) electrons. The Morgan fingerprint density at radius 3 is 0.933 bits per heavy atom. The van der Waals surface area contributed by atoms with Crippen molar-refractivity contribution in [2.75, 3.05) is 0 Å². The van der Waals surface area contributed by atoms with Gasteiger partial charge in [-0.3, -0.25) is 14.4 Å². The summed E-state index contributed by atoms with van der Waals surface area (Å²) in [4.78, 5) is 40.2. The van der Waals surface area contributed by atoms with E-state index in [1.807, 2.05) is 75.4 Å². The lowest BCUT2D eigenvalue weighted by Gasteiger charge is -2.18. The molecule has 0 spiro atoms. The number of rotatable bonds is 15. The van der Waals surface area contributed by atoms with Crippen LogP contribution in [0.15, 0.2) is 109 Å². The largest absolute Gasteiger partial charge is 0.350 e. The Labute approximate surface area is 267 Å². The van der Waals surface area contributed by atoms with Crippen LogP contribution in [0.1, 0.15) is 87.8 Å². The van der Waals surface area contributed by atoms with Gasteiger partial charge in [-0.15, -0.1) is 0 Å². The lowest BCUT2D eigenvalue weighted by atomic mass is 10.0. The lowest BCUT2D eigenvalue weighted by molar-refractivity contribution is 0.0937. The summed E-state index contributed by atoms with van der Waals surface area (Å²) in [7, 11) is 0. The molecule has 3 atom stereocenters. The second kappa shape index (κ2) is 17.0. The third-order valence-electron chi connectivity index (χ3n) is 7.98. The molecule has 0 aromatic heterocycles. The summed E-state index contributed by atoms with van der Waals surface area (Å²) in [6.45, 7) is 5.90. The van der Waals surface area contributed by atoms with Gasteiger partial charge in [0.2, 0.25) is 0 Å². The Morgan fingerprint density at radius 2 is 0.689 bits per heavy atom. The number of nitrogens with one attached hydrogen (secondary N) is 3. The molecule has 234 valence electrons. The minimum absolute atomic E-state index is 0.0940. The molecule has 0 aliphatic carbocycles. The van der Waals surface area contributed by atoms with Crippen LogP contribution >= 0.6 is 0 Å². The second-order valence-electron chi connectivity index (χ2n) is 12.0. The van der Waals surface area contributed by atoms with Crippen LogP contribution in [-0.4, -0.2) is 35.8 Å². The zero-order valence-electron chi connectivity index (χ0n) is 26.6. The monoisotopic (exact) mass is 603 g/mol. The molecule has 0 aliphatic rings. The predicted octanol–water partition coefficient (Wildman–Crippen LogP) is 6.94. The molecule has 0 saturated carbocycles. The molecule has 0 unspecified atom stereocenters. The quantitative estimate of drug-likeness (QED) is 0.138. The Kier molecular flexibility index (Phi) is 12.5. The first-order valence-electron chi connectivity index (χ1n) is 16.0. The number of hydrogen-bond acceptors (Lipinski definition) is 3. The van der Waals surface area contributed by atoms with E-state index in [1.165, 1.54) is 16.7 Å². The van der Waals surface area contributed by atoms with Crippen molar-refractivity contribution in [1.29, 1.82) is 0 Å². The zero-order chi connectivity index (χ0) is 32.0. The van der Waals surface area contributed by atoms with Crippen LogP contribution in [0.3, 0.4) is 0 Å². The number of carbonyl (C=O) groups excluding carboxylic acids is 3. The van der Waals surface area contributed by atoms with Gasteiger partial charge in [-0.2, -0.15) is 0 Å². The standard InChI is InChI=1S/C39H45N3O3/c1-28(19-22-31-13-7-4-8-14-31)40-37(43)34-25-35(38(44)41-29(2)20-23-32-15-9-5-10-16-32)27-36(26-34)39(45)42-30(3)21-24-33-17-11-6-12-18-33/h4-18,25-30H,19-24H2,1-3H3,(H,40,43)(H,41,44)(H,42,45)/t28-,29-,30+/m1/s1. The van der Waals surface area contributed by atoms with Gasteiger partial charge >= 0.3 is 0 Å². The Bertz CT molecular complexity index is 1330. The van der Waals surface area contributed by atoms with Crippen LogP contribution in [0, 0.1) is 0 Å². The molecular weight excluding hydrogens is 558 g/mol. The normalized spacial score (nSPS) is 12.9. The molecule has 45 heavy (non-hydrogen) atoms. The van der Waals surface area contributed by atoms with Crippen molar-refractivity contribution in [3.05, 3.63) is 143 Å². The Balaban J connectivity index is 1.45. The molecular formula is C39H45N3O3. The van der Waals surface area contributed by atoms with Crippen molar-refractivity contribution in [2.45, 2.75) is 77.4 Å². The SMILES string of the molecule is C[C@H](CCc1ccccc1)NC(=O)c1cc(C(=O)N[C@H](C)CCc2ccccc2)cc(C(=O)N[C@@H](C)CCc2ccccc2)c1. The van der Waals surface area contributed by atoms with Crippen molar-refractivity contribution in [2.24, 2.45) is 0 Å². The maximum Gasteiger partial charge on any atom is 0.251 e. The van der Waals surface area contributed by atoms with Crippen LogP contribution < -0.4 is 16.0 Å². The number of hydrogen-bond donors (Lipinski definition) is 3. The Morgan fingerprint density at radius 1 is 0.444 bits per heavy atom. The summed E-state index contributed by atoms with van der Waals surface area (Å²) >= 11 is 0. The fourth-order valence-electron chi connectivity index (χ4n) is 5.24. The van der Waals surface area contributed by atoms with E-state index in [0.717, 1.165) is 38.5 Å². The summed E-state index contributed by atoms with van der Waals surface area (Å²) in [6.07, 6.45) is 4.80. The number of amides is 3. The van der Waals surface area contributed by atoms with E-state index >= 15 is 0 Å². The van der Waals surface area contributed by atoms with Crippen LogP contribution in [-0.2, 0) is 19.3 Å². The minimum atomic E-state index is -0.312. The van der Waals surface area contributed by atoms with E-state index in [2.05, 4.69) is 52.3 Å². The summed E-state index contributed by atoms with van der Waals surface area (Å²) in [5.41, 5.74) is 4.48. The second-order valence-corrected chi connectivity index (χ2v) is 12.0. The van der Waals surface area contributed by atoms with Gasteiger partial charge < -0.3 is 16.0 Å². The predicted molar refractivity (Wildman–Crippen MR) is 182 cm³/mol. The lowest BCUT2D eigenvalue weighted by Crippen LogP contribution is -2.36. The van der Waals surface area contributed by atoms with E-state index in [9.17, 15) is 14.4 Å². The third kappa shape index (κ3) is 11.1. The van der Waals surface area contributed by atoms with Crippen molar-refractivity contribution in [3.8, 4) is 0 Å². The van der Waals surface area contributed by atoms with Gasteiger partial charge in [-0.1, -0.05) is 91.0 Å². The first-order valence-corrected chi connectivity index (χ1v) is 16.0. The molecule has 0 saturated heterocycles. The van der Waals surface area contributed by atoms with Crippen molar-refractivity contribution in [3.63, 3.8) is 0 Å². The van der Waals surface area contributed by atoms with Gasteiger partial charge in [-0.05, 0) is 94.2 Å². The molecule has 6 heteroatoms. The van der Waals surface area contributed by atoms with Gasteiger partial charge in [0.25, 0.3) is 17.7 Å². The fourth-order valence-corrected chi connectivity index (χ4v) is 5.24. The van der Waals surface area contributed by atoms with Crippen molar-refractivity contribution >= 4 is 17.7 Å². The zero-order valence-corrected chi connectivity index (χ0v) is 26.6. The molecule has 4 aromatic carbocycles. The van der Waals surface area contributed by atoms with Crippen molar-refractivity contribution < 1.29 is 14.4 Å². The molecule has 0 aliphatic heterocycles. The number of benzene rings is 4. The average Bonchev–Trinajstić information content (AvgIpc) is 3.06. The molecule has 3 amide bonds. The Hall–Kier alpha value is -4.71. The minimum Gasteiger partial charge on any atom is -0.350 e. The summed E-state index contributed by atoms with van der Waals surface area (Å²) in [5.74, 6) is -0.935. The molecule has 4 aromatic rings. The van der Waals surface area contributed by atoms with Crippen molar-refractivity contribution in [1.82, 2.24) is 16.0 Å². The maximum atomic E-state index is 13.4. The first kappa shape index (κ1) is 33.2. The average molecular weight is 604 g/mol. The summed E-state index contributed by atoms with van der Waals surface area (Å²) in [6, 6.07) is 34.9. The van der Waals surface area contributed by atoms with Gasteiger partial charge in [0.05, 0.1) is 0 Å². The van der Waals surface area contributed by atoms with Crippen LogP contribution in [0.5, 0.6) is 0 Å². The molecule has 4 rings (SSSR count). The van der Waals surface area contributed by atoms with Crippen LogP contribution in [0.4, 0.5) is 0 Å². The molecule has 0 heterocycles. The van der Waals surface area contributed by atoms with Gasteiger partial charge in [0, 0.05) is 34.8 Å². The van der Waals surface area contributed by atoms with E-state index in [1.54, 1.807) is 18.2 Å². The highest BCUT2D eigenvalue weighted by molar-refractivity contribution is 6.04. The van der Waals surface area contributed by atoms with E-state index in [0.29, 0.717) is 0 Å². The number of aryl methyl sites for hydroxylation is 3. The molecule has 0 fully saturated rings.